The maximum Gasteiger partial charge on any atom is 0.0411 e. The molecule has 0 unspecified atom stereocenters. The number of hydrogen-bond donors (Lipinski definition) is 1. The van der Waals surface area contributed by atoms with Crippen molar-refractivity contribution in [3.63, 3.8) is 0 Å². The van der Waals surface area contributed by atoms with Crippen LogP contribution in [0.2, 0.25) is 0 Å². The fourth-order valence-corrected chi connectivity index (χ4v) is 5.53. The van der Waals surface area contributed by atoms with Gasteiger partial charge in [0.25, 0.3) is 0 Å². The molecule has 1 N–H and O–H groups in total. The number of anilines is 2. The van der Waals surface area contributed by atoms with Crippen LogP contribution in [0.3, 0.4) is 0 Å². The van der Waals surface area contributed by atoms with E-state index >= 15 is 0 Å². The highest BCUT2D eigenvalue weighted by molar-refractivity contribution is 5.62. The van der Waals surface area contributed by atoms with E-state index in [4.69, 9.17) is 0 Å². The fraction of sp³-hybridized carbons (Fsp3) is 0.684. The summed E-state index contributed by atoms with van der Waals surface area (Å²) in [5.74, 6) is 3.98. The van der Waals surface area contributed by atoms with Gasteiger partial charge in [0, 0.05) is 31.5 Å². The Hall–Kier alpha value is -1.18. The number of nitrogens with zero attached hydrogens (tertiary/aromatic N) is 1. The molecule has 5 rings (SSSR count). The third-order valence-electron chi connectivity index (χ3n) is 6.25. The van der Waals surface area contributed by atoms with E-state index in [0.29, 0.717) is 0 Å². The van der Waals surface area contributed by atoms with Crippen LogP contribution in [0, 0.1) is 30.6 Å². The summed E-state index contributed by atoms with van der Waals surface area (Å²) in [6.45, 7) is 2.20. The Morgan fingerprint density at radius 3 is 2.14 bits per heavy atom. The molecule has 114 valence electrons. The number of aryl methyl sites for hydroxylation is 1. The summed E-state index contributed by atoms with van der Waals surface area (Å²) in [5.41, 5.74) is 4.02. The molecule has 21 heavy (non-hydrogen) atoms. The standard InChI is InChI=1S/C19H28N2/c1-12-4-5-17(11-18(12)21(2)3)20-19-15-7-13-6-14(9-15)10-16(19)8-13/h4-5,11,13-16,19-20H,6-10H2,1-3H3. The summed E-state index contributed by atoms with van der Waals surface area (Å²) < 4.78 is 0. The first-order valence-electron chi connectivity index (χ1n) is 8.64. The first kappa shape index (κ1) is 13.5. The zero-order valence-corrected chi connectivity index (χ0v) is 13.6. The summed E-state index contributed by atoms with van der Waals surface area (Å²) in [6.07, 6.45) is 7.47. The van der Waals surface area contributed by atoms with Gasteiger partial charge in [-0.3, -0.25) is 0 Å². The minimum absolute atomic E-state index is 0.732. The molecule has 0 atom stereocenters. The van der Waals surface area contributed by atoms with Crippen LogP contribution in [0.15, 0.2) is 18.2 Å². The summed E-state index contributed by atoms with van der Waals surface area (Å²) in [4.78, 5) is 2.22. The molecule has 4 bridgehead atoms. The molecule has 0 spiro atoms. The number of rotatable bonds is 3. The van der Waals surface area contributed by atoms with Gasteiger partial charge in [-0.2, -0.15) is 0 Å². The molecule has 0 radical (unpaired) electrons. The predicted octanol–water partition coefficient (Wildman–Crippen LogP) is 4.30. The van der Waals surface area contributed by atoms with Crippen molar-refractivity contribution in [3.8, 4) is 0 Å². The molecule has 4 saturated carbocycles. The lowest BCUT2D eigenvalue weighted by atomic mass is 9.54. The summed E-state index contributed by atoms with van der Waals surface area (Å²) in [7, 11) is 4.27. The molecule has 1 aromatic rings. The van der Waals surface area contributed by atoms with E-state index in [1.165, 1.54) is 49.0 Å². The van der Waals surface area contributed by atoms with Crippen molar-refractivity contribution in [2.24, 2.45) is 23.7 Å². The Bertz CT molecular complexity index is 506. The Balaban J connectivity index is 1.55. The maximum absolute atomic E-state index is 3.92. The lowest BCUT2D eigenvalue weighted by Crippen LogP contribution is -2.51. The number of nitrogens with one attached hydrogen (secondary N) is 1. The van der Waals surface area contributed by atoms with Crippen LogP contribution in [0.25, 0.3) is 0 Å². The van der Waals surface area contributed by atoms with Crippen LogP contribution >= 0.6 is 0 Å². The molecular weight excluding hydrogens is 256 g/mol. The second-order valence-corrected chi connectivity index (χ2v) is 8.00. The van der Waals surface area contributed by atoms with E-state index in [0.717, 1.165) is 29.7 Å². The molecule has 2 nitrogen and oxygen atoms in total. The molecule has 4 fully saturated rings. The zero-order valence-electron chi connectivity index (χ0n) is 13.6. The first-order chi connectivity index (χ1) is 10.1. The number of hydrogen-bond acceptors (Lipinski definition) is 2. The molecule has 0 amide bonds. The van der Waals surface area contributed by atoms with Crippen LogP contribution in [-0.2, 0) is 0 Å². The highest BCUT2D eigenvalue weighted by atomic mass is 15.1. The van der Waals surface area contributed by atoms with Gasteiger partial charge in [-0.1, -0.05) is 6.07 Å². The van der Waals surface area contributed by atoms with E-state index in [1.54, 1.807) is 0 Å². The topological polar surface area (TPSA) is 15.3 Å². The third kappa shape index (κ3) is 2.33. The van der Waals surface area contributed by atoms with Crippen molar-refractivity contribution in [3.05, 3.63) is 23.8 Å². The maximum atomic E-state index is 3.92. The molecular formula is C19H28N2. The molecule has 1 aromatic carbocycles. The highest BCUT2D eigenvalue weighted by Gasteiger charge is 2.48. The molecule has 0 heterocycles. The Morgan fingerprint density at radius 2 is 1.57 bits per heavy atom. The Morgan fingerprint density at radius 1 is 0.952 bits per heavy atom. The normalized spacial score (nSPS) is 36.8. The van der Waals surface area contributed by atoms with Gasteiger partial charge < -0.3 is 10.2 Å². The largest absolute Gasteiger partial charge is 0.382 e. The average molecular weight is 284 g/mol. The van der Waals surface area contributed by atoms with Crippen molar-refractivity contribution >= 4 is 11.4 Å². The predicted molar refractivity (Wildman–Crippen MR) is 90.0 cm³/mol. The molecule has 4 aliphatic rings. The van der Waals surface area contributed by atoms with E-state index in [1.807, 2.05) is 0 Å². The smallest absolute Gasteiger partial charge is 0.0411 e. The molecule has 4 aliphatic carbocycles. The van der Waals surface area contributed by atoms with Crippen molar-refractivity contribution in [2.45, 2.75) is 45.1 Å². The average Bonchev–Trinajstić information content (AvgIpc) is 2.43. The Kier molecular flexibility index (Phi) is 3.16. The van der Waals surface area contributed by atoms with Gasteiger partial charge in [0.2, 0.25) is 0 Å². The molecule has 0 saturated heterocycles. The highest BCUT2D eigenvalue weighted by Crippen LogP contribution is 2.54. The summed E-state index contributed by atoms with van der Waals surface area (Å²) in [6, 6.07) is 7.59. The molecule has 2 heteroatoms. The lowest BCUT2D eigenvalue weighted by Gasteiger charge is -2.54. The zero-order chi connectivity index (χ0) is 14.6. The van der Waals surface area contributed by atoms with E-state index in [9.17, 15) is 0 Å². The monoisotopic (exact) mass is 284 g/mol. The van der Waals surface area contributed by atoms with Crippen LogP contribution in [0.1, 0.15) is 37.7 Å². The van der Waals surface area contributed by atoms with Gasteiger partial charge in [-0.15, -0.1) is 0 Å². The second-order valence-electron chi connectivity index (χ2n) is 8.00. The van der Waals surface area contributed by atoms with Crippen molar-refractivity contribution in [1.29, 1.82) is 0 Å². The second kappa shape index (κ2) is 4.93. The van der Waals surface area contributed by atoms with Gasteiger partial charge in [0.15, 0.2) is 0 Å². The van der Waals surface area contributed by atoms with Crippen molar-refractivity contribution in [1.82, 2.24) is 0 Å². The van der Waals surface area contributed by atoms with E-state index in [-0.39, 0.29) is 0 Å². The van der Waals surface area contributed by atoms with E-state index in [2.05, 4.69) is 49.4 Å². The van der Waals surface area contributed by atoms with Crippen molar-refractivity contribution in [2.75, 3.05) is 24.3 Å². The van der Waals surface area contributed by atoms with Gasteiger partial charge in [-0.25, -0.2) is 0 Å². The van der Waals surface area contributed by atoms with Crippen LogP contribution in [-0.4, -0.2) is 20.1 Å². The minimum atomic E-state index is 0.732. The van der Waals surface area contributed by atoms with Gasteiger partial charge in [-0.05, 0) is 80.4 Å². The molecule has 0 aromatic heterocycles. The third-order valence-corrected chi connectivity index (χ3v) is 6.25. The van der Waals surface area contributed by atoms with Gasteiger partial charge in [0.1, 0.15) is 0 Å². The van der Waals surface area contributed by atoms with E-state index < -0.39 is 0 Å². The lowest BCUT2D eigenvalue weighted by molar-refractivity contribution is 0.00754. The van der Waals surface area contributed by atoms with Gasteiger partial charge in [0.05, 0.1) is 0 Å². The Labute approximate surface area is 128 Å². The molecule has 0 aliphatic heterocycles. The quantitative estimate of drug-likeness (QED) is 0.890. The summed E-state index contributed by atoms with van der Waals surface area (Å²) in [5, 5.41) is 3.92. The first-order valence-corrected chi connectivity index (χ1v) is 8.64. The number of benzene rings is 1. The summed E-state index contributed by atoms with van der Waals surface area (Å²) >= 11 is 0. The van der Waals surface area contributed by atoms with Crippen LogP contribution < -0.4 is 10.2 Å². The van der Waals surface area contributed by atoms with Gasteiger partial charge >= 0.3 is 0 Å². The van der Waals surface area contributed by atoms with Crippen LogP contribution in [0.4, 0.5) is 11.4 Å². The van der Waals surface area contributed by atoms with Crippen LogP contribution in [0.5, 0.6) is 0 Å². The fourth-order valence-electron chi connectivity index (χ4n) is 5.53. The SMILES string of the molecule is Cc1ccc(NC2C3CC4CC(C3)CC2C4)cc1N(C)C. The van der Waals surface area contributed by atoms with Crippen molar-refractivity contribution < 1.29 is 0 Å². The minimum Gasteiger partial charge on any atom is -0.382 e.